The molecule has 3 heteroatoms. The van der Waals surface area contributed by atoms with Crippen molar-refractivity contribution in [3.05, 3.63) is 59.4 Å². The van der Waals surface area contributed by atoms with Crippen LogP contribution in [0.25, 0.3) is 10.8 Å². The SMILES string of the molecule is CCCN=C1CCCC(=O)/C1=C(\O)Cc1cccc2ccccc12. The molecule has 2 aromatic carbocycles. The monoisotopic (exact) mass is 321 g/mol. The molecule has 3 rings (SSSR count). The fourth-order valence-electron chi connectivity index (χ4n) is 3.28. The van der Waals surface area contributed by atoms with E-state index in [9.17, 15) is 9.90 Å². The van der Waals surface area contributed by atoms with E-state index in [1.54, 1.807) is 0 Å². The Hall–Kier alpha value is -2.42. The summed E-state index contributed by atoms with van der Waals surface area (Å²) in [6, 6.07) is 14.2. The van der Waals surface area contributed by atoms with Crippen molar-refractivity contribution < 1.29 is 9.90 Å². The molecule has 1 fully saturated rings. The van der Waals surface area contributed by atoms with E-state index in [0.717, 1.165) is 41.3 Å². The van der Waals surface area contributed by atoms with Crippen LogP contribution >= 0.6 is 0 Å². The molecule has 1 aliphatic carbocycles. The van der Waals surface area contributed by atoms with E-state index in [4.69, 9.17) is 0 Å². The third kappa shape index (κ3) is 3.40. The normalized spacial score (nSPS) is 19.0. The van der Waals surface area contributed by atoms with E-state index in [2.05, 4.69) is 30.1 Å². The van der Waals surface area contributed by atoms with Gasteiger partial charge >= 0.3 is 0 Å². The molecule has 1 aliphatic rings. The van der Waals surface area contributed by atoms with Crippen molar-refractivity contribution in [2.45, 2.75) is 39.0 Å². The molecular formula is C21H23NO2. The van der Waals surface area contributed by atoms with Gasteiger partial charge in [0.1, 0.15) is 5.76 Å². The highest BCUT2D eigenvalue weighted by molar-refractivity contribution is 6.24. The minimum Gasteiger partial charge on any atom is -0.511 e. The van der Waals surface area contributed by atoms with Crippen LogP contribution in [0.5, 0.6) is 0 Å². The standard InChI is InChI=1S/C21H23NO2/c1-2-13-22-18-11-6-12-19(23)21(18)20(24)14-16-9-5-8-15-7-3-4-10-17(15)16/h3-5,7-10,24H,2,6,11-14H2,1H3/b21-20-,22-18?. The first kappa shape index (κ1) is 16.4. The number of carbonyl (C=O) groups is 1. The number of fused-ring (bicyclic) bond motifs is 1. The molecule has 2 aromatic rings. The van der Waals surface area contributed by atoms with Crippen molar-refractivity contribution in [3.63, 3.8) is 0 Å². The first-order valence-corrected chi connectivity index (χ1v) is 8.66. The first-order valence-electron chi connectivity index (χ1n) is 8.66. The Bertz CT molecular complexity index is 812. The van der Waals surface area contributed by atoms with Crippen LogP contribution in [0.4, 0.5) is 0 Å². The number of aliphatic hydroxyl groups excluding tert-OH is 1. The van der Waals surface area contributed by atoms with Crippen LogP contribution in [0.1, 0.15) is 38.2 Å². The number of aliphatic hydroxyl groups is 1. The van der Waals surface area contributed by atoms with Crippen LogP contribution in [-0.2, 0) is 11.2 Å². The summed E-state index contributed by atoms with van der Waals surface area (Å²) in [6.07, 6.45) is 3.41. The second-order valence-corrected chi connectivity index (χ2v) is 6.24. The Morgan fingerprint density at radius 2 is 1.92 bits per heavy atom. The van der Waals surface area contributed by atoms with Crippen LogP contribution in [0.3, 0.4) is 0 Å². The van der Waals surface area contributed by atoms with Crippen LogP contribution in [-0.4, -0.2) is 23.1 Å². The number of carbonyl (C=O) groups excluding carboxylic acids is 1. The maximum atomic E-state index is 12.4. The highest BCUT2D eigenvalue weighted by Crippen LogP contribution is 2.25. The van der Waals surface area contributed by atoms with Gasteiger partial charge in [0.05, 0.1) is 5.57 Å². The van der Waals surface area contributed by atoms with Gasteiger partial charge in [0.25, 0.3) is 0 Å². The third-order valence-electron chi connectivity index (χ3n) is 4.44. The molecule has 3 nitrogen and oxygen atoms in total. The lowest BCUT2D eigenvalue weighted by molar-refractivity contribution is -0.115. The predicted molar refractivity (Wildman–Crippen MR) is 98.8 cm³/mol. The number of ketones is 1. The Morgan fingerprint density at radius 3 is 2.75 bits per heavy atom. The molecule has 24 heavy (non-hydrogen) atoms. The average molecular weight is 321 g/mol. The zero-order valence-electron chi connectivity index (χ0n) is 14.1. The number of rotatable bonds is 4. The van der Waals surface area contributed by atoms with Gasteiger partial charge in [-0.3, -0.25) is 9.79 Å². The number of nitrogens with zero attached hydrogens (tertiary/aromatic N) is 1. The number of hydrogen-bond donors (Lipinski definition) is 1. The molecule has 1 saturated carbocycles. The maximum Gasteiger partial charge on any atom is 0.168 e. The van der Waals surface area contributed by atoms with Crippen molar-refractivity contribution in [2.75, 3.05) is 6.54 Å². The number of Topliss-reactive ketones (excluding diaryl/α,β-unsaturated/α-hetero) is 1. The van der Waals surface area contributed by atoms with E-state index in [0.29, 0.717) is 25.0 Å². The van der Waals surface area contributed by atoms with Crippen molar-refractivity contribution in [1.29, 1.82) is 0 Å². The van der Waals surface area contributed by atoms with Crippen molar-refractivity contribution in [1.82, 2.24) is 0 Å². The quantitative estimate of drug-likeness (QED) is 0.649. The molecule has 1 N–H and O–H groups in total. The number of aliphatic imine (C=N–C) groups is 1. The molecule has 0 unspecified atom stereocenters. The molecule has 0 heterocycles. The van der Waals surface area contributed by atoms with Gasteiger partial charge in [-0.1, -0.05) is 49.4 Å². The molecule has 0 aromatic heterocycles. The lowest BCUT2D eigenvalue weighted by atomic mass is 9.88. The number of benzene rings is 2. The van der Waals surface area contributed by atoms with E-state index in [1.165, 1.54) is 0 Å². The van der Waals surface area contributed by atoms with Gasteiger partial charge in [-0.2, -0.15) is 0 Å². The second-order valence-electron chi connectivity index (χ2n) is 6.24. The van der Waals surface area contributed by atoms with Gasteiger partial charge in [0.15, 0.2) is 5.78 Å². The number of hydrogen-bond acceptors (Lipinski definition) is 3. The summed E-state index contributed by atoms with van der Waals surface area (Å²) < 4.78 is 0. The fourth-order valence-corrected chi connectivity index (χ4v) is 3.28. The molecule has 0 radical (unpaired) electrons. The van der Waals surface area contributed by atoms with Gasteiger partial charge in [0, 0.05) is 25.1 Å². The lowest BCUT2D eigenvalue weighted by Crippen LogP contribution is -2.22. The van der Waals surface area contributed by atoms with Crippen molar-refractivity contribution in [2.24, 2.45) is 4.99 Å². The van der Waals surface area contributed by atoms with Crippen molar-refractivity contribution in [3.8, 4) is 0 Å². The summed E-state index contributed by atoms with van der Waals surface area (Å²) in [4.78, 5) is 16.9. The summed E-state index contributed by atoms with van der Waals surface area (Å²) in [5.74, 6) is 0.180. The minimum absolute atomic E-state index is 0.0221. The molecule has 124 valence electrons. The molecule has 0 spiro atoms. The molecule has 0 aliphatic heterocycles. The second kappa shape index (κ2) is 7.43. The fraction of sp³-hybridized carbons (Fsp3) is 0.333. The van der Waals surface area contributed by atoms with Crippen LogP contribution in [0.15, 0.2) is 58.8 Å². The molecule has 0 amide bonds. The summed E-state index contributed by atoms with van der Waals surface area (Å²) in [5.41, 5.74) is 2.28. The maximum absolute atomic E-state index is 12.4. The van der Waals surface area contributed by atoms with Gasteiger partial charge in [0.2, 0.25) is 0 Å². The minimum atomic E-state index is 0.0221. The zero-order valence-corrected chi connectivity index (χ0v) is 14.1. The smallest absolute Gasteiger partial charge is 0.168 e. The third-order valence-corrected chi connectivity index (χ3v) is 4.44. The van der Waals surface area contributed by atoms with Crippen LogP contribution in [0.2, 0.25) is 0 Å². The van der Waals surface area contributed by atoms with E-state index in [-0.39, 0.29) is 11.5 Å². The molecule has 0 saturated heterocycles. The highest BCUT2D eigenvalue weighted by atomic mass is 16.3. The molecule has 0 bridgehead atoms. The van der Waals surface area contributed by atoms with Gasteiger partial charge in [-0.15, -0.1) is 0 Å². The zero-order chi connectivity index (χ0) is 16.9. The number of allylic oxidation sites excluding steroid dienone is 2. The Morgan fingerprint density at radius 1 is 1.12 bits per heavy atom. The van der Waals surface area contributed by atoms with Gasteiger partial charge in [-0.25, -0.2) is 0 Å². The van der Waals surface area contributed by atoms with Gasteiger partial charge < -0.3 is 5.11 Å². The largest absolute Gasteiger partial charge is 0.511 e. The van der Waals surface area contributed by atoms with E-state index in [1.807, 2.05) is 24.3 Å². The Labute approximate surface area is 142 Å². The Kier molecular flexibility index (Phi) is 5.09. The predicted octanol–water partition coefficient (Wildman–Crippen LogP) is 4.80. The highest BCUT2D eigenvalue weighted by Gasteiger charge is 2.25. The first-order chi connectivity index (χ1) is 11.7. The summed E-state index contributed by atoms with van der Waals surface area (Å²) in [5, 5.41) is 13.0. The topological polar surface area (TPSA) is 49.7 Å². The van der Waals surface area contributed by atoms with Crippen LogP contribution in [0, 0.1) is 0 Å². The summed E-state index contributed by atoms with van der Waals surface area (Å²) in [6.45, 7) is 2.77. The molecular weight excluding hydrogens is 298 g/mol. The summed E-state index contributed by atoms with van der Waals surface area (Å²) in [7, 11) is 0. The lowest BCUT2D eigenvalue weighted by Gasteiger charge is -2.18. The van der Waals surface area contributed by atoms with E-state index >= 15 is 0 Å². The molecule has 0 atom stereocenters. The average Bonchev–Trinajstić information content (AvgIpc) is 2.60. The Balaban J connectivity index is 1.99. The van der Waals surface area contributed by atoms with Crippen LogP contribution < -0.4 is 0 Å². The van der Waals surface area contributed by atoms with Gasteiger partial charge in [-0.05, 0) is 35.6 Å². The summed E-state index contributed by atoms with van der Waals surface area (Å²) >= 11 is 0. The van der Waals surface area contributed by atoms with Crippen molar-refractivity contribution >= 4 is 22.3 Å². The van der Waals surface area contributed by atoms with E-state index < -0.39 is 0 Å².